The highest BCUT2D eigenvalue weighted by Crippen LogP contribution is 2.45. The molecule has 6 heteroatoms. The zero-order valence-corrected chi connectivity index (χ0v) is 14.5. The number of carbonyl (C=O) groups excluding carboxylic acids is 3. The maximum absolute atomic E-state index is 13.0. The van der Waals surface area contributed by atoms with Crippen molar-refractivity contribution in [3.63, 3.8) is 0 Å². The maximum Gasteiger partial charge on any atom is 0.173 e. The lowest BCUT2D eigenvalue weighted by atomic mass is 9.65. The van der Waals surface area contributed by atoms with Gasteiger partial charge in [0.15, 0.2) is 11.6 Å². The zero-order chi connectivity index (χ0) is 18.5. The van der Waals surface area contributed by atoms with Gasteiger partial charge in [-0.1, -0.05) is 13.8 Å². The van der Waals surface area contributed by atoms with E-state index in [1.807, 2.05) is 20.8 Å². The summed E-state index contributed by atoms with van der Waals surface area (Å²) >= 11 is 0. The lowest BCUT2D eigenvalue weighted by molar-refractivity contribution is -0.132. The number of ether oxygens (including phenoxy) is 1. The predicted octanol–water partition coefficient (Wildman–Crippen LogP) is 2.50. The van der Waals surface area contributed by atoms with Gasteiger partial charge in [0, 0.05) is 18.8 Å². The van der Waals surface area contributed by atoms with Crippen LogP contribution in [0.4, 0.5) is 0 Å². The highest BCUT2D eigenvalue weighted by molar-refractivity contribution is 6.20. The van der Waals surface area contributed by atoms with Crippen molar-refractivity contribution < 1.29 is 29.3 Å². The van der Waals surface area contributed by atoms with Crippen LogP contribution < -0.4 is 0 Å². The van der Waals surface area contributed by atoms with Crippen molar-refractivity contribution in [1.82, 2.24) is 0 Å². The highest BCUT2D eigenvalue weighted by atomic mass is 16.5. The van der Waals surface area contributed by atoms with Gasteiger partial charge in [-0.25, -0.2) is 0 Å². The first-order valence-electron chi connectivity index (χ1n) is 8.52. The van der Waals surface area contributed by atoms with E-state index in [-0.39, 0.29) is 53.3 Å². The molecule has 0 amide bonds. The first-order valence-corrected chi connectivity index (χ1v) is 8.52. The van der Waals surface area contributed by atoms with E-state index in [0.717, 1.165) is 0 Å². The van der Waals surface area contributed by atoms with Crippen molar-refractivity contribution in [2.24, 2.45) is 17.8 Å². The summed E-state index contributed by atoms with van der Waals surface area (Å²) in [6.45, 7) is 5.81. The normalized spacial score (nSPS) is 27.2. The minimum absolute atomic E-state index is 0.0420. The van der Waals surface area contributed by atoms with Crippen molar-refractivity contribution in [2.45, 2.75) is 45.8 Å². The Balaban J connectivity index is 2.07. The number of phenolic OH excluding ortho intramolecular Hbond substituents is 2. The number of hydrogen-bond donors (Lipinski definition) is 2. The number of rotatable bonds is 3. The van der Waals surface area contributed by atoms with Gasteiger partial charge in [0.1, 0.15) is 17.3 Å². The second-order valence-electron chi connectivity index (χ2n) is 7.29. The number of carbonyl (C=O) groups is 3. The second-order valence-corrected chi connectivity index (χ2v) is 7.29. The van der Waals surface area contributed by atoms with E-state index < -0.39 is 29.5 Å². The smallest absolute Gasteiger partial charge is 0.173 e. The largest absolute Gasteiger partial charge is 0.507 e. The molecule has 4 unspecified atom stereocenters. The third-order valence-corrected chi connectivity index (χ3v) is 5.33. The van der Waals surface area contributed by atoms with Crippen LogP contribution in [0.2, 0.25) is 0 Å². The van der Waals surface area contributed by atoms with E-state index in [2.05, 4.69) is 0 Å². The molecule has 1 aromatic carbocycles. The van der Waals surface area contributed by atoms with Crippen LogP contribution in [0.15, 0.2) is 12.1 Å². The van der Waals surface area contributed by atoms with Crippen LogP contribution in [0, 0.1) is 17.8 Å². The van der Waals surface area contributed by atoms with E-state index in [1.54, 1.807) is 0 Å². The van der Waals surface area contributed by atoms with Crippen molar-refractivity contribution >= 4 is 17.3 Å². The molecule has 1 saturated carbocycles. The molecular formula is C19H22O6. The van der Waals surface area contributed by atoms with Crippen LogP contribution in [0.3, 0.4) is 0 Å². The molecule has 2 aliphatic carbocycles. The van der Waals surface area contributed by atoms with Crippen LogP contribution in [0.5, 0.6) is 11.5 Å². The summed E-state index contributed by atoms with van der Waals surface area (Å²) in [5.74, 6) is -3.22. The van der Waals surface area contributed by atoms with Gasteiger partial charge in [-0.15, -0.1) is 0 Å². The molecule has 25 heavy (non-hydrogen) atoms. The molecular weight excluding hydrogens is 324 g/mol. The summed E-state index contributed by atoms with van der Waals surface area (Å²) < 4.78 is 5.96. The van der Waals surface area contributed by atoms with Gasteiger partial charge in [-0.2, -0.15) is 0 Å². The summed E-state index contributed by atoms with van der Waals surface area (Å²) in [6, 6.07) is 2.37. The van der Waals surface area contributed by atoms with Crippen molar-refractivity contribution in [3.05, 3.63) is 23.3 Å². The monoisotopic (exact) mass is 346 g/mol. The molecule has 0 radical (unpaired) electrons. The summed E-state index contributed by atoms with van der Waals surface area (Å²) in [4.78, 5) is 38.0. The molecule has 2 N–H and O–H groups in total. The Labute approximate surface area is 145 Å². The highest BCUT2D eigenvalue weighted by Gasteiger charge is 2.51. The topological polar surface area (TPSA) is 101 Å². The quantitative estimate of drug-likeness (QED) is 0.816. The van der Waals surface area contributed by atoms with Crippen molar-refractivity contribution in [1.29, 1.82) is 0 Å². The first-order chi connectivity index (χ1) is 11.7. The van der Waals surface area contributed by atoms with E-state index in [4.69, 9.17) is 4.74 Å². The molecule has 1 fully saturated rings. The molecule has 4 atom stereocenters. The number of fused-ring (bicyclic) bond motifs is 2. The Hall–Kier alpha value is -2.21. The molecule has 0 bridgehead atoms. The Morgan fingerprint density at radius 3 is 2.08 bits per heavy atom. The maximum atomic E-state index is 13.0. The average Bonchev–Trinajstić information content (AvgIpc) is 2.54. The fourth-order valence-electron chi connectivity index (χ4n) is 3.67. The standard InChI is InChI=1S/C19H22O6/c1-8(2)9(3)25-14-7-10(20)6-11-15(14)19(24)17-13(22)5-4-12(21)16(17)18(11)23/h4-5,8-9,11,14-15,21-22H,6-7H2,1-3H3. The molecule has 0 aliphatic heterocycles. The van der Waals surface area contributed by atoms with Gasteiger partial charge in [0.2, 0.25) is 0 Å². The number of hydrogen-bond acceptors (Lipinski definition) is 6. The third kappa shape index (κ3) is 2.84. The van der Waals surface area contributed by atoms with Gasteiger partial charge in [0.05, 0.1) is 29.3 Å². The van der Waals surface area contributed by atoms with Gasteiger partial charge in [-0.3, -0.25) is 14.4 Å². The van der Waals surface area contributed by atoms with Gasteiger partial charge in [-0.05, 0) is 25.0 Å². The fraction of sp³-hybridized carbons (Fsp3) is 0.526. The molecule has 134 valence electrons. The predicted molar refractivity (Wildman–Crippen MR) is 88.8 cm³/mol. The van der Waals surface area contributed by atoms with Crippen LogP contribution >= 0.6 is 0 Å². The van der Waals surface area contributed by atoms with Gasteiger partial charge < -0.3 is 14.9 Å². The minimum Gasteiger partial charge on any atom is -0.507 e. The Morgan fingerprint density at radius 2 is 1.52 bits per heavy atom. The molecule has 1 aromatic rings. The molecule has 3 rings (SSSR count). The molecule has 0 aromatic heterocycles. The summed E-state index contributed by atoms with van der Waals surface area (Å²) in [5, 5.41) is 20.1. The third-order valence-electron chi connectivity index (χ3n) is 5.33. The SMILES string of the molecule is CC(C)C(C)OC1CC(=O)CC2C(=O)c3c(O)ccc(O)c3C(=O)C12. The number of ketones is 3. The van der Waals surface area contributed by atoms with Crippen LogP contribution in [-0.2, 0) is 9.53 Å². The molecule has 2 aliphatic rings. The Bertz CT molecular complexity index is 751. The van der Waals surface area contributed by atoms with Crippen LogP contribution in [-0.4, -0.2) is 39.8 Å². The number of phenols is 2. The lowest BCUT2D eigenvalue weighted by Gasteiger charge is -2.40. The van der Waals surface area contributed by atoms with E-state index >= 15 is 0 Å². The van der Waals surface area contributed by atoms with Crippen molar-refractivity contribution in [3.8, 4) is 11.5 Å². The second kappa shape index (κ2) is 6.26. The van der Waals surface area contributed by atoms with E-state index in [9.17, 15) is 24.6 Å². The van der Waals surface area contributed by atoms with E-state index in [1.165, 1.54) is 12.1 Å². The first kappa shape index (κ1) is 17.6. The molecule has 0 heterocycles. The van der Waals surface area contributed by atoms with Crippen LogP contribution in [0.1, 0.15) is 54.3 Å². The Kier molecular flexibility index (Phi) is 4.41. The zero-order valence-electron chi connectivity index (χ0n) is 14.5. The summed E-state index contributed by atoms with van der Waals surface area (Å²) in [7, 11) is 0. The van der Waals surface area contributed by atoms with Crippen molar-refractivity contribution in [2.75, 3.05) is 0 Å². The van der Waals surface area contributed by atoms with E-state index in [0.29, 0.717) is 0 Å². The molecule has 0 spiro atoms. The lowest BCUT2D eigenvalue weighted by Crippen LogP contribution is -2.50. The number of benzene rings is 1. The minimum atomic E-state index is -0.849. The van der Waals surface area contributed by atoms with Gasteiger partial charge >= 0.3 is 0 Å². The number of Topliss-reactive ketones (excluding diaryl/α,β-unsaturated/α-hetero) is 3. The average molecular weight is 346 g/mol. The van der Waals surface area contributed by atoms with Gasteiger partial charge in [0.25, 0.3) is 0 Å². The number of aromatic hydroxyl groups is 2. The molecule has 0 saturated heterocycles. The van der Waals surface area contributed by atoms with Crippen LogP contribution in [0.25, 0.3) is 0 Å². The fourth-order valence-corrected chi connectivity index (χ4v) is 3.67. The molecule has 6 nitrogen and oxygen atoms in total. The Morgan fingerprint density at radius 1 is 0.960 bits per heavy atom. The summed E-state index contributed by atoms with van der Waals surface area (Å²) in [5.41, 5.74) is -0.344. The summed E-state index contributed by atoms with van der Waals surface area (Å²) in [6.07, 6.45) is -0.847.